The summed E-state index contributed by atoms with van der Waals surface area (Å²) in [5.74, 6) is 1.14. The maximum absolute atomic E-state index is 11.8. The summed E-state index contributed by atoms with van der Waals surface area (Å²) in [6.07, 6.45) is 0. The number of esters is 1. The molecule has 2 aromatic rings. The number of likely N-dealkylation sites (N-methyl/N-ethyl adjacent to an activating group) is 1. The zero-order chi connectivity index (χ0) is 15.6. The highest BCUT2D eigenvalue weighted by Crippen LogP contribution is 2.34. The van der Waals surface area contributed by atoms with Gasteiger partial charge in [0.15, 0.2) is 0 Å². The second-order valence-electron chi connectivity index (χ2n) is 5.08. The molecule has 0 atom stereocenters. The molecule has 0 saturated heterocycles. The van der Waals surface area contributed by atoms with Crippen LogP contribution in [0.2, 0.25) is 0 Å². The molecule has 0 aliphatic rings. The number of rotatable bonds is 5. The molecule has 6 nitrogen and oxygen atoms in total. The van der Waals surface area contributed by atoms with E-state index in [4.69, 9.17) is 4.74 Å². The lowest BCUT2D eigenvalue weighted by molar-refractivity contribution is 0.0605. The fourth-order valence-electron chi connectivity index (χ4n) is 2.06. The Balaban J connectivity index is 2.44. The van der Waals surface area contributed by atoms with Crippen molar-refractivity contribution in [1.82, 2.24) is 14.9 Å². The first kappa shape index (κ1) is 15.7. The predicted octanol–water partition coefficient (Wildman–Crippen LogP) is 2.07. The molecule has 0 amide bonds. The number of carbonyl (C=O) groups is 1. The van der Waals surface area contributed by atoms with Crippen LogP contribution in [0.1, 0.15) is 21.1 Å². The first-order chi connectivity index (χ1) is 9.93. The van der Waals surface area contributed by atoms with Crippen LogP contribution in [0.5, 0.6) is 0 Å². The van der Waals surface area contributed by atoms with Crippen molar-refractivity contribution in [1.29, 1.82) is 0 Å². The quantitative estimate of drug-likeness (QED) is 0.853. The number of anilines is 1. The second kappa shape index (κ2) is 6.36. The minimum absolute atomic E-state index is 0.326. The molecule has 1 N–H and O–H groups in total. The van der Waals surface area contributed by atoms with E-state index in [0.717, 1.165) is 34.7 Å². The molecule has 0 aliphatic carbocycles. The molecule has 0 aromatic carbocycles. The molecular formula is C14H20N4O2S. The molecule has 0 fully saturated rings. The van der Waals surface area contributed by atoms with Crippen LogP contribution in [-0.4, -0.2) is 55.1 Å². The Morgan fingerprint density at radius 1 is 1.33 bits per heavy atom. The van der Waals surface area contributed by atoms with Crippen LogP contribution in [0.25, 0.3) is 10.2 Å². The molecule has 0 unspecified atom stereocenters. The Bertz CT molecular complexity index is 667. The first-order valence-electron chi connectivity index (χ1n) is 6.68. The lowest BCUT2D eigenvalue weighted by Crippen LogP contribution is -2.21. The third-order valence-electron chi connectivity index (χ3n) is 3.12. The number of thiophene rings is 1. The Hall–Kier alpha value is -1.73. The molecule has 7 heteroatoms. The van der Waals surface area contributed by atoms with Crippen LogP contribution in [0.15, 0.2) is 0 Å². The monoisotopic (exact) mass is 308 g/mol. The van der Waals surface area contributed by atoms with E-state index in [-0.39, 0.29) is 5.97 Å². The van der Waals surface area contributed by atoms with Gasteiger partial charge in [-0.25, -0.2) is 14.8 Å². The van der Waals surface area contributed by atoms with E-state index in [1.54, 1.807) is 0 Å². The first-order valence-corrected chi connectivity index (χ1v) is 7.50. The summed E-state index contributed by atoms with van der Waals surface area (Å²) in [4.78, 5) is 24.2. The number of hydrogen-bond acceptors (Lipinski definition) is 7. The van der Waals surface area contributed by atoms with E-state index in [1.165, 1.54) is 18.4 Å². The molecule has 21 heavy (non-hydrogen) atoms. The van der Waals surface area contributed by atoms with Crippen molar-refractivity contribution in [3.05, 3.63) is 16.3 Å². The van der Waals surface area contributed by atoms with Crippen molar-refractivity contribution < 1.29 is 9.53 Å². The van der Waals surface area contributed by atoms with Crippen molar-refractivity contribution in [2.75, 3.05) is 39.6 Å². The molecule has 0 bridgehead atoms. The van der Waals surface area contributed by atoms with Crippen molar-refractivity contribution in [3.63, 3.8) is 0 Å². The number of fused-ring (bicyclic) bond motifs is 1. The molecule has 0 aliphatic heterocycles. The summed E-state index contributed by atoms with van der Waals surface area (Å²) in [5, 5.41) is 4.24. The Labute approximate surface area is 128 Å². The summed E-state index contributed by atoms with van der Waals surface area (Å²) in [7, 11) is 5.43. The van der Waals surface area contributed by atoms with Gasteiger partial charge in [0.05, 0.1) is 12.5 Å². The van der Waals surface area contributed by atoms with E-state index in [2.05, 4.69) is 20.2 Å². The van der Waals surface area contributed by atoms with E-state index in [0.29, 0.717) is 10.7 Å². The van der Waals surface area contributed by atoms with Crippen molar-refractivity contribution in [2.45, 2.75) is 13.8 Å². The third-order valence-corrected chi connectivity index (χ3v) is 4.29. The van der Waals surface area contributed by atoms with Gasteiger partial charge in [-0.15, -0.1) is 11.3 Å². The summed E-state index contributed by atoms with van der Waals surface area (Å²) < 4.78 is 4.83. The zero-order valence-electron chi connectivity index (χ0n) is 13.0. The molecular weight excluding hydrogens is 288 g/mol. The van der Waals surface area contributed by atoms with Gasteiger partial charge in [-0.2, -0.15) is 0 Å². The minimum Gasteiger partial charge on any atom is -0.465 e. The summed E-state index contributed by atoms with van der Waals surface area (Å²) in [5.41, 5.74) is 0.870. The van der Waals surface area contributed by atoms with Gasteiger partial charge in [0.1, 0.15) is 21.3 Å². The smallest absolute Gasteiger partial charge is 0.348 e. The second-order valence-corrected chi connectivity index (χ2v) is 6.08. The molecule has 0 spiro atoms. The lowest BCUT2D eigenvalue weighted by atomic mass is 10.2. The van der Waals surface area contributed by atoms with E-state index < -0.39 is 0 Å². The van der Waals surface area contributed by atoms with E-state index in [9.17, 15) is 4.79 Å². The molecule has 0 saturated carbocycles. The maximum Gasteiger partial charge on any atom is 0.348 e. The highest BCUT2D eigenvalue weighted by atomic mass is 32.1. The van der Waals surface area contributed by atoms with Crippen LogP contribution in [-0.2, 0) is 4.74 Å². The Morgan fingerprint density at radius 2 is 2.05 bits per heavy atom. The molecule has 2 heterocycles. The van der Waals surface area contributed by atoms with Crippen molar-refractivity contribution >= 4 is 33.3 Å². The number of ether oxygens (including phenoxy) is 1. The standard InChI is InChI=1S/C14H20N4O2S/c1-8-10-12(15-6-7-18(3)4)16-9(2)17-13(10)21-11(8)14(19)20-5/h6-7H2,1-5H3,(H,15,16,17). The van der Waals surface area contributed by atoms with Crippen molar-refractivity contribution in [3.8, 4) is 0 Å². The molecule has 2 rings (SSSR count). The number of carbonyl (C=O) groups excluding carboxylic acids is 1. The molecule has 114 valence electrons. The van der Waals surface area contributed by atoms with Crippen LogP contribution in [0, 0.1) is 13.8 Å². The fourth-order valence-corrected chi connectivity index (χ4v) is 3.20. The van der Waals surface area contributed by atoms with Crippen molar-refractivity contribution in [2.24, 2.45) is 0 Å². The topological polar surface area (TPSA) is 67.3 Å². The largest absolute Gasteiger partial charge is 0.465 e. The average molecular weight is 308 g/mol. The van der Waals surface area contributed by atoms with Crippen LogP contribution < -0.4 is 5.32 Å². The number of hydrogen-bond donors (Lipinski definition) is 1. The van der Waals surface area contributed by atoms with Gasteiger partial charge in [-0.05, 0) is 33.5 Å². The lowest BCUT2D eigenvalue weighted by Gasteiger charge is -2.12. The Morgan fingerprint density at radius 3 is 2.67 bits per heavy atom. The minimum atomic E-state index is -0.326. The average Bonchev–Trinajstić information content (AvgIpc) is 2.74. The number of methoxy groups -OCH3 is 1. The van der Waals surface area contributed by atoms with Gasteiger partial charge < -0.3 is 15.0 Å². The van der Waals surface area contributed by atoms with Gasteiger partial charge in [-0.3, -0.25) is 0 Å². The number of aryl methyl sites for hydroxylation is 2. The maximum atomic E-state index is 11.8. The molecule has 2 aromatic heterocycles. The number of nitrogens with zero attached hydrogens (tertiary/aromatic N) is 3. The van der Waals surface area contributed by atoms with Gasteiger partial charge >= 0.3 is 5.97 Å². The van der Waals surface area contributed by atoms with Gasteiger partial charge in [-0.1, -0.05) is 0 Å². The highest BCUT2D eigenvalue weighted by Gasteiger charge is 2.20. The summed E-state index contributed by atoms with van der Waals surface area (Å²) in [6, 6.07) is 0. The summed E-state index contributed by atoms with van der Waals surface area (Å²) in [6.45, 7) is 5.43. The van der Waals surface area contributed by atoms with E-state index >= 15 is 0 Å². The SMILES string of the molecule is COC(=O)c1sc2nc(C)nc(NCCN(C)C)c2c1C. The Kier molecular flexibility index (Phi) is 4.74. The molecule has 0 radical (unpaired) electrons. The van der Waals surface area contributed by atoms with Crippen LogP contribution in [0.3, 0.4) is 0 Å². The van der Waals surface area contributed by atoms with Gasteiger partial charge in [0.2, 0.25) is 0 Å². The van der Waals surface area contributed by atoms with Gasteiger partial charge in [0.25, 0.3) is 0 Å². The zero-order valence-corrected chi connectivity index (χ0v) is 13.8. The summed E-state index contributed by atoms with van der Waals surface area (Å²) >= 11 is 1.35. The highest BCUT2D eigenvalue weighted by molar-refractivity contribution is 7.20. The van der Waals surface area contributed by atoms with Crippen LogP contribution in [0.4, 0.5) is 5.82 Å². The number of nitrogens with one attached hydrogen (secondary N) is 1. The van der Waals surface area contributed by atoms with Crippen LogP contribution >= 0.6 is 11.3 Å². The van der Waals surface area contributed by atoms with E-state index in [1.807, 2.05) is 27.9 Å². The normalized spacial score (nSPS) is 11.1. The number of aromatic nitrogens is 2. The predicted molar refractivity (Wildman–Crippen MR) is 85.3 cm³/mol. The van der Waals surface area contributed by atoms with Gasteiger partial charge in [0, 0.05) is 13.1 Å². The fraction of sp³-hybridized carbons (Fsp3) is 0.500. The third kappa shape index (κ3) is 3.30.